The highest BCUT2D eigenvalue weighted by atomic mass is 32.2. The Morgan fingerprint density at radius 2 is 2.11 bits per heavy atom. The smallest absolute Gasteiger partial charge is 0.216 e. The van der Waals surface area contributed by atoms with Gasteiger partial charge in [-0.15, -0.1) is 0 Å². The number of nitrogens with two attached hydrogens (primary N) is 1. The molecular weight excluding hydrogens is 264 g/mol. The van der Waals surface area contributed by atoms with Gasteiger partial charge >= 0.3 is 0 Å². The van der Waals surface area contributed by atoms with Gasteiger partial charge < -0.3 is 10.5 Å². The van der Waals surface area contributed by atoms with Crippen molar-refractivity contribution in [2.45, 2.75) is 46.1 Å². The van der Waals surface area contributed by atoms with Crippen LogP contribution in [0.4, 0.5) is 0 Å². The predicted molar refractivity (Wildman–Crippen MR) is 77.5 cm³/mol. The van der Waals surface area contributed by atoms with E-state index in [0.717, 1.165) is 19.3 Å². The third-order valence-corrected chi connectivity index (χ3v) is 5.34. The zero-order valence-electron chi connectivity index (χ0n) is 12.4. The summed E-state index contributed by atoms with van der Waals surface area (Å²) in [5, 5.41) is 0. The molecule has 1 unspecified atom stereocenters. The molecule has 0 bridgehead atoms. The molecular formula is C13H28N2O3S. The average Bonchev–Trinajstić information content (AvgIpc) is 2.80. The van der Waals surface area contributed by atoms with Crippen molar-refractivity contribution in [3.05, 3.63) is 0 Å². The molecule has 0 aromatic carbocycles. The van der Waals surface area contributed by atoms with Crippen molar-refractivity contribution in [3.63, 3.8) is 0 Å². The Bertz CT molecular complexity index is 362. The molecule has 0 spiro atoms. The summed E-state index contributed by atoms with van der Waals surface area (Å²) in [6.07, 6.45) is 2.48. The van der Waals surface area contributed by atoms with Crippen LogP contribution in [0, 0.1) is 5.41 Å². The molecule has 0 aromatic heterocycles. The van der Waals surface area contributed by atoms with Crippen LogP contribution in [0.5, 0.6) is 0 Å². The largest absolute Gasteiger partial charge is 0.377 e. The van der Waals surface area contributed by atoms with Crippen molar-refractivity contribution in [3.8, 4) is 0 Å². The van der Waals surface area contributed by atoms with Crippen molar-refractivity contribution in [2.24, 2.45) is 11.1 Å². The van der Waals surface area contributed by atoms with E-state index in [4.69, 9.17) is 10.5 Å². The first kappa shape index (κ1) is 16.9. The van der Waals surface area contributed by atoms with Crippen LogP contribution in [-0.2, 0) is 14.8 Å². The van der Waals surface area contributed by atoms with Gasteiger partial charge in [-0.2, -0.15) is 0 Å². The fraction of sp³-hybridized carbons (Fsp3) is 1.00. The number of sulfonamides is 1. The minimum atomic E-state index is -3.26. The standard InChI is InChI=1S/C13H28N2O3S/c1-4-7-15(11-13(2,3)10-14)19(16,17)9-12-6-5-8-18-12/h12H,4-11,14H2,1-3H3. The molecule has 1 saturated heterocycles. The third-order valence-electron chi connectivity index (χ3n) is 3.44. The molecule has 0 saturated carbocycles. The van der Waals surface area contributed by atoms with Crippen molar-refractivity contribution in [1.29, 1.82) is 0 Å². The summed E-state index contributed by atoms with van der Waals surface area (Å²) in [6.45, 7) is 8.17. The monoisotopic (exact) mass is 292 g/mol. The molecule has 1 aliphatic rings. The fourth-order valence-electron chi connectivity index (χ4n) is 2.22. The summed E-state index contributed by atoms with van der Waals surface area (Å²) >= 11 is 0. The predicted octanol–water partition coefficient (Wildman–Crippen LogP) is 1.19. The lowest BCUT2D eigenvalue weighted by atomic mass is 9.94. The molecule has 2 N–H and O–H groups in total. The van der Waals surface area contributed by atoms with Gasteiger partial charge in [-0.3, -0.25) is 0 Å². The molecule has 1 atom stereocenters. The first-order valence-electron chi connectivity index (χ1n) is 7.10. The number of nitrogens with zero attached hydrogens (tertiary/aromatic N) is 1. The second-order valence-corrected chi connectivity index (χ2v) is 8.13. The van der Waals surface area contributed by atoms with E-state index in [-0.39, 0.29) is 17.3 Å². The minimum Gasteiger partial charge on any atom is -0.377 e. The summed E-state index contributed by atoms with van der Waals surface area (Å²) < 4.78 is 32.0. The summed E-state index contributed by atoms with van der Waals surface area (Å²) in [5.41, 5.74) is 5.52. The van der Waals surface area contributed by atoms with Gasteiger partial charge in [-0.25, -0.2) is 12.7 Å². The van der Waals surface area contributed by atoms with Crippen LogP contribution < -0.4 is 5.73 Å². The molecule has 19 heavy (non-hydrogen) atoms. The molecule has 1 heterocycles. The lowest BCUT2D eigenvalue weighted by Crippen LogP contribution is -2.44. The normalized spacial score (nSPS) is 21.2. The molecule has 0 aliphatic carbocycles. The topological polar surface area (TPSA) is 72.6 Å². The molecule has 0 amide bonds. The van der Waals surface area contributed by atoms with Gasteiger partial charge in [0.25, 0.3) is 0 Å². The van der Waals surface area contributed by atoms with E-state index >= 15 is 0 Å². The van der Waals surface area contributed by atoms with Gasteiger partial charge in [-0.05, 0) is 31.2 Å². The van der Waals surface area contributed by atoms with Crippen molar-refractivity contribution < 1.29 is 13.2 Å². The van der Waals surface area contributed by atoms with Crippen molar-refractivity contribution in [2.75, 3.05) is 32.0 Å². The van der Waals surface area contributed by atoms with Gasteiger partial charge in [0.2, 0.25) is 10.0 Å². The Kier molecular flexibility index (Phi) is 6.23. The second-order valence-electron chi connectivity index (χ2n) is 6.12. The number of rotatable bonds is 8. The quantitative estimate of drug-likeness (QED) is 0.729. The van der Waals surface area contributed by atoms with E-state index in [9.17, 15) is 8.42 Å². The van der Waals surface area contributed by atoms with Crippen LogP contribution in [0.1, 0.15) is 40.0 Å². The molecule has 5 nitrogen and oxygen atoms in total. The maximum absolute atomic E-state index is 12.5. The van der Waals surface area contributed by atoms with E-state index in [1.807, 2.05) is 20.8 Å². The molecule has 6 heteroatoms. The van der Waals surface area contributed by atoms with E-state index < -0.39 is 10.0 Å². The maximum atomic E-state index is 12.5. The van der Waals surface area contributed by atoms with E-state index in [1.165, 1.54) is 0 Å². The molecule has 1 aliphatic heterocycles. The molecule has 0 radical (unpaired) electrons. The molecule has 1 rings (SSSR count). The van der Waals surface area contributed by atoms with E-state index in [2.05, 4.69) is 0 Å². The summed E-state index contributed by atoms with van der Waals surface area (Å²) in [7, 11) is -3.26. The lowest BCUT2D eigenvalue weighted by molar-refractivity contribution is 0.126. The maximum Gasteiger partial charge on any atom is 0.216 e. The first-order valence-corrected chi connectivity index (χ1v) is 8.71. The van der Waals surface area contributed by atoms with Gasteiger partial charge in [0.05, 0.1) is 11.9 Å². The van der Waals surface area contributed by atoms with Crippen LogP contribution >= 0.6 is 0 Å². The van der Waals surface area contributed by atoms with Gasteiger partial charge in [-0.1, -0.05) is 20.8 Å². The summed E-state index contributed by atoms with van der Waals surface area (Å²) in [6, 6.07) is 0. The van der Waals surface area contributed by atoms with Gasteiger partial charge in [0, 0.05) is 19.7 Å². The van der Waals surface area contributed by atoms with E-state index in [0.29, 0.717) is 26.2 Å². The zero-order chi connectivity index (χ0) is 14.5. The van der Waals surface area contributed by atoms with Crippen LogP contribution in [0.15, 0.2) is 0 Å². The number of hydrogen-bond acceptors (Lipinski definition) is 4. The zero-order valence-corrected chi connectivity index (χ0v) is 13.2. The Balaban J connectivity index is 2.72. The van der Waals surface area contributed by atoms with Crippen molar-refractivity contribution in [1.82, 2.24) is 4.31 Å². The Labute approximate surface area is 117 Å². The first-order chi connectivity index (χ1) is 8.80. The summed E-state index contributed by atoms with van der Waals surface area (Å²) in [4.78, 5) is 0. The van der Waals surface area contributed by atoms with Crippen LogP contribution in [-0.4, -0.2) is 50.8 Å². The SMILES string of the molecule is CCCN(CC(C)(C)CN)S(=O)(=O)CC1CCCO1. The highest BCUT2D eigenvalue weighted by molar-refractivity contribution is 7.89. The van der Waals surface area contributed by atoms with Gasteiger partial charge in [0.1, 0.15) is 0 Å². The van der Waals surface area contributed by atoms with Gasteiger partial charge in [0.15, 0.2) is 0 Å². The summed E-state index contributed by atoms with van der Waals surface area (Å²) in [5.74, 6) is 0.105. The minimum absolute atomic E-state index is 0.105. The number of hydrogen-bond donors (Lipinski definition) is 1. The van der Waals surface area contributed by atoms with Crippen LogP contribution in [0.3, 0.4) is 0 Å². The third kappa shape index (κ3) is 5.38. The molecule has 1 fully saturated rings. The highest BCUT2D eigenvalue weighted by Gasteiger charge is 2.31. The second kappa shape index (κ2) is 7.02. The lowest BCUT2D eigenvalue weighted by Gasteiger charge is -2.31. The molecule has 0 aromatic rings. The molecule has 114 valence electrons. The Morgan fingerprint density at radius 3 is 2.58 bits per heavy atom. The number of ether oxygens (including phenoxy) is 1. The van der Waals surface area contributed by atoms with E-state index in [1.54, 1.807) is 4.31 Å². The fourth-order valence-corrected chi connectivity index (χ4v) is 4.17. The van der Waals surface area contributed by atoms with Crippen LogP contribution in [0.25, 0.3) is 0 Å². The van der Waals surface area contributed by atoms with Crippen LogP contribution in [0.2, 0.25) is 0 Å². The highest BCUT2D eigenvalue weighted by Crippen LogP contribution is 2.21. The average molecular weight is 292 g/mol. The Morgan fingerprint density at radius 1 is 1.42 bits per heavy atom. The Hall–Kier alpha value is -0.170. The van der Waals surface area contributed by atoms with Crippen molar-refractivity contribution >= 4 is 10.0 Å².